The van der Waals surface area contributed by atoms with E-state index in [1.165, 1.54) is 0 Å². The number of hydrogen-bond acceptors (Lipinski definition) is 3. The van der Waals surface area contributed by atoms with E-state index in [4.69, 9.17) is 10.8 Å². The molecule has 18 heavy (non-hydrogen) atoms. The molecule has 0 unspecified atom stereocenters. The lowest BCUT2D eigenvalue weighted by atomic mass is 10.1. The molecule has 0 aliphatic heterocycles. The molecule has 0 aliphatic carbocycles. The fourth-order valence-corrected chi connectivity index (χ4v) is 1.33. The number of carbonyl (C=O) groups is 1. The van der Waals surface area contributed by atoms with Gasteiger partial charge < -0.3 is 10.8 Å². The number of nitrogens with zero attached hydrogens (tertiary/aromatic N) is 1. The van der Waals surface area contributed by atoms with Crippen LogP contribution in [0, 0.1) is 0 Å². The molecule has 4 nitrogen and oxygen atoms in total. The molecule has 0 atom stereocenters. The molecule has 3 N–H and O–H groups in total. The largest absolute Gasteiger partial charge is 0.481 e. The van der Waals surface area contributed by atoms with Crippen molar-refractivity contribution in [3.05, 3.63) is 23.0 Å². The maximum absolute atomic E-state index is 12.6. The second kappa shape index (κ2) is 4.75. The summed E-state index contributed by atoms with van der Waals surface area (Å²) in [7, 11) is 0. The molecule has 1 aromatic heterocycles. The minimum absolute atomic E-state index is 0.163. The molecule has 1 aromatic rings. The molecule has 9 heteroatoms. The van der Waals surface area contributed by atoms with Gasteiger partial charge in [0.05, 0.1) is 28.9 Å². The van der Waals surface area contributed by atoms with E-state index in [0.29, 0.717) is 0 Å². The summed E-state index contributed by atoms with van der Waals surface area (Å²) < 4.78 is 62.5. The first-order chi connectivity index (χ1) is 8.14. The van der Waals surface area contributed by atoms with Crippen LogP contribution in [0.2, 0.25) is 0 Å². The van der Waals surface area contributed by atoms with Crippen molar-refractivity contribution in [2.75, 3.05) is 5.73 Å². The van der Waals surface area contributed by atoms with Crippen LogP contribution in [0.3, 0.4) is 0 Å². The number of rotatable bonds is 3. The topological polar surface area (TPSA) is 76.2 Å². The Labute approximate surface area is 97.2 Å². The lowest BCUT2D eigenvalue weighted by Crippen LogP contribution is -2.16. The molecule has 0 radical (unpaired) electrons. The van der Waals surface area contributed by atoms with Gasteiger partial charge in [0.2, 0.25) is 0 Å². The number of carboxylic acids is 1. The number of alkyl halides is 5. The SMILES string of the molecule is Nc1c(CC(=O)O)ncc(C(F)(F)F)c1C(F)F. The van der Waals surface area contributed by atoms with Gasteiger partial charge in [0.25, 0.3) is 6.43 Å². The van der Waals surface area contributed by atoms with Crippen LogP contribution in [0.4, 0.5) is 27.6 Å². The van der Waals surface area contributed by atoms with E-state index in [-0.39, 0.29) is 6.20 Å². The van der Waals surface area contributed by atoms with E-state index in [1.807, 2.05) is 0 Å². The zero-order valence-corrected chi connectivity index (χ0v) is 8.63. The molecule has 0 spiro atoms. The number of pyridine rings is 1. The summed E-state index contributed by atoms with van der Waals surface area (Å²) in [6, 6.07) is 0. The minimum Gasteiger partial charge on any atom is -0.481 e. The van der Waals surface area contributed by atoms with Gasteiger partial charge in [-0.3, -0.25) is 9.78 Å². The van der Waals surface area contributed by atoms with Crippen LogP contribution in [-0.4, -0.2) is 16.1 Å². The van der Waals surface area contributed by atoms with Gasteiger partial charge in [0.1, 0.15) is 0 Å². The van der Waals surface area contributed by atoms with Crippen molar-refractivity contribution in [2.45, 2.75) is 19.0 Å². The van der Waals surface area contributed by atoms with Crippen LogP contribution in [0.1, 0.15) is 23.2 Å². The van der Waals surface area contributed by atoms with Crippen LogP contribution in [0.15, 0.2) is 6.20 Å². The number of aromatic nitrogens is 1. The Bertz CT molecular complexity index is 473. The van der Waals surface area contributed by atoms with Crippen LogP contribution >= 0.6 is 0 Å². The van der Waals surface area contributed by atoms with Gasteiger partial charge in [-0.15, -0.1) is 0 Å². The highest BCUT2D eigenvalue weighted by atomic mass is 19.4. The Morgan fingerprint density at radius 1 is 1.44 bits per heavy atom. The van der Waals surface area contributed by atoms with Crippen molar-refractivity contribution in [3.8, 4) is 0 Å². The molecule has 100 valence electrons. The summed E-state index contributed by atoms with van der Waals surface area (Å²) in [5, 5.41) is 8.44. The summed E-state index contributed by atoms with van der Waals surface area (Å²) in [5.74, 6) is -1.44. The number of hydrogen-bond donors (Lipinski definition) is 2. The van der Waals surface area contributed by atoms with Crippen molar-refractivity contribution in [1.82, 2.24) is 4.98 Å². The third-order valence-electron chi connectivity index (χ3n) is 2.08. The second-order valence-electron chi connectivity index (χ2n) is 3.31. The molecule has 1 heterocycles. The number of aliphatic carboxylic acids is 1. The molecule has 0 aromatic carbocycles. The fraction of sp³-hybridized carbons (Fsp3) is 0.333. The smallest absolute Gasteiger partial charge is 0.418 e. The number of halogens is 5. The van der Waals surface area contributed by atoms with E-state index in [2.05, 4.69) is 4.98 Å². The maximum Gasteiger partial charge on any atom is 0.418 e. The first-order valence-corrected chi connectivity index (χ1v) is 4.49. The van der Waals surface area contributed by atoms with Crippen molar-refractivity contribution < 1.29 is 31.9 Å². The Morgan fingerprint density at radius 2 is 2.00 bits per heavy atom. The maximum atomic E-state index is 12.6. The third-order valence-corrected chi connectivity index (χ3v) is 2.08. The number of nitrogens with two attached hydrogens (primary N) is 1. The zero-order valence-electron chi connectivity index (χ0n) is 8.63. The number of nitrogen functional groups attached to an aromatic ring is 1. The van der Waals surface area contributed by atoms with Gasteiger partial charge in [-0.25, -0.2) is 8.78 Å². The summed E-state index contributed by atoms with van der Waals surface area (Å²) in [6.45, 7) is 0. The number of carboxylic acid groups (broad SMARTS) is 1. The van der Waals surface area contributed by atoms with Crippen molar-refractivity contribution in [3.63, 3.8) is 0 Å². The van der Waals surface area contributed by atoms with Gasteiger partial charge in [-0.2, -0.15) is 13.2 Å². The average Bonchev–Trinajstić information content (AvgIpc) is 2.17. The van der Waals surface area contributed by atoms with E-state index in [0.717, 1.165) is 0 Å². The van der Waals surface area contributed by atoms with Gasteiger partial charge >= 0.3 is 12.1 Å². The Balaban J connectivity index is 3.42. The Morgan fingerprint density at radius 3 is 2.39 bits per heavy atom. The normalized spacial score (nSPS) is 11.9. The van der Waals surface area contributed by atoms with Crippen LogP contribution < -0.4 is 5.73 Å². The van der Waals surface area contributed by atoms with Crippen LogP contribution in [0.5, 0.6) is 0 Å². The van der Waals surface area contributed by atoms with Crippen molar-refractivity contribution in [2.24, 2.45) is 0 Å². The second-order valence-corrected chi connectivity index (χ2v) is 3.31. The highest BCUT2D eigenvalue weighted by Gasteiger charge is 2.38. The average molecular weight is 270 g/mol. The summed E-state index contributed by atoms with van der Waals surface area (Å²) in [6.07, 6.45) is -9.17. The molecule has 0 amide bonds. The molecular weight excluding hydrogens is 263 g/mol. The van der Waals surface area contributed by atoms with E-state index in [9.17, 15) is 26.7 Å². The highest BCUT2D eigenvalue weighted by molar-refractivity contribution is 5.73. The number of anilines is 1. The van der Waals surface area contributed by atoms with E-state index in [1.54, 1.807) is 0 Å². The van der Waals surface area contributed by atoms with Crippen LogP contribution in [-0.2, 0) is 17.4 Å². The quantitative estimate of drug-likeness (QED) is 0.826. The highest BCUT2D eigenvalue weighted by Crippen LogP contribution is 2.39. The predicted octanol–water partition coefficient (Wildman–Crippen LogP) is 2.25. The fourth-order valence-electron chi connectivity index (χ4n) is 1.33. The molecule has 1 rings (SSSR count). The third kappa shape index (κ3) is 2.84. The Hall–Kier alpha value is -1.93. The van der Waals surface area contributed by atoms with Gasteiger partial charge in [0.15, 0.2) is 0 Å². The van der Waals surface area contributed by atoms with Crippen LogP contribution in [0.25, 0.3) is 0 Å². The molecular formula is C9H7F5N2O2. The summed E-state index contributed by atoms with van der Waals surface area (Å²) in [5.41, 5.74) is 0.560. The summed E-state index contributed by atoms with van der Waals surface area (Å²) >= 11 is 0. The zero-order chi connectivity index (χ0) is 14.1. The first kappa shape index (κ1) is 14.1. The van der Waals surface area contributed by atoms with Crippen molar-refractivity contribution in [1.29, 1.82) is 0 Å². The van der Waals surface area contributed by atoms with Crippen molar-refractivity contribution >= 4 is 11.7 Å². The first-order valence-electron chi connectivity index (χ1n) is 4.49. The Kier molecular flexibility index (Phi) is 3.73. The lowest BCUT2D eigenvalue weighted by Gasteiger charge is -2.15. The van der Waals surface area contributed by atoms with Gasteiger partial charge in [0, 0.05) is 6.20 Å². The molecule has 0 saturated carbocycles. The monoisotopic (exact) mass is 270 g/mol. The van der Waals surface area contributed by atoms with E-state index >= 15 is 0 Å². The summed E-state index contributed by atoms with van der Waals surface area (Å²) in [4.78, 5) is 13.5. The van der Waals surface area contributed by atoms with Gasteiger partial charge in [-0.1, -0.05) is 0 Å². The van der Waals surface area contributed by atoms with Gasteiger partial charge in [-0.05, 0) is 0 Å². The molecule has 0 aliphatic rings. The predicted molar refractivity (Wildman–Crippen MR) is 49.9 cm³/mol. The standard InChI is InChI=1S/C9H7F5N2O2/c10-8(11)6-3(9(12,13)14)2-16-4(7(6)15)1-5(17)18/h2,8H,1,15H2,(H,17,18). The minimum atomic E-state index is -5.03. The lowest BCUT2D eigenvalue weighted by molar-refractivity contribution is -0.139. The van der Waals surface area contributed by atoms with E-state index < -0.39 is 47.5 Å². The molecule has 0 fully saturated rings. The molecule has 0 bridgehead atoms. The molecule has 0 saturated heterocycles.